The Balaban J connectivity index is 2.47. The summed E-state index contributed by atoms with van der Waals surface area (Å²) in [7, 11) is 0. The second-order valence-corrected chi connectivity index (χ2v) is 3.88. The van der Waals surface area contributed by atoms with Gasteiger partial charge in [-0.2, -0.15) is 0 Å². The van der Waals surface area contributed by atoms with Gasteiger partial charge in [-0.1, -0.05) is 25.5 Å². The number of halogens is 2. The van der Waals surface area contributed by atoms with E-state index in [1.165, 1.54) is 0 Å². The molecule has 0 heterocycles. The van der Waals surface area contributed by atoms with Gasteiger partial charge in [-0.05, 0) is 40.0 Å². The van der Waals surface area contributed by atoms with Gasteiger partial charge in [0.25, 0.3) is 0 Å². The van der Waals surface area contributed by atoms with Crippen molar-refractivity contribution < 1.29 is 9.13 Å². The predicted octanol–water partition coefficient (Wildman–Crippen LogP) is 4.23. The monoisotopic (exact) mass is 260 g/mol. The summed E-state index contributed by atoms with van der Waals surface area (Å²) in [6, 6.07) is 7.03. The Morgan fingerprint density at radius 2 is 2.00 bits per heavy atom. The van der Waals surface area contributed by atoms with E-state index in [0.717, 1.165) is 25.2 Å². The Hall–Kier alpha value is -0.570. The van der Waals surface area contributed by atoms with Gasteiger partial charge in [0.15, 0.2) is 5.08 Å². The SMILES string of the molecule is CCCCOc1ccc(C(F)Br)cc1. The maximum absolute atomic E-state index is 12.7. The highest BCUT2D eigenvalue weighted by Gasteiger charge is 2.03. The molecule has 0 aliphatic rings. The van der Waals surface area contributed by atoms with E-state index < -0.39 is 5.08 Å². The Morgan fingerprint density at radius 1 is 1.36 bits per heavy atom. The summed E-state index contributed by atoms with van der Waals surface area (Å²) in [4.78, 5) is 0. The zero-order valence-corrected chi connectivity index (χ0v) is 9.76. The van der Waals surface area contributed by atoms with Crippen LogP contribution >= 0.6 is 15.9 Å². The molecule has 0 fully saturated rings. The fourth-order valence-corrected chi connectivity index (χ4v) is 1.35. The molecule has 0 amide bonds. The van der Waals surface area contributed by atoms with Crippen molar-refractivity contribution >= 4 is 15.9 Å². The second kappa shape index (κ2) is 6.02. The van der Waals surface area contributed by atoms with E-state index in [1.807, 2.05) is 0 Å². The number of unbranched alkanes of at least 4 members (excludes halogenated alkanes) is 1. The van der Waals surface area contributed by atoms with Crippen molar-refractivity contribution in [3.05, 3.63) is 29.8 Å². The Labute approximate surface area is 92.4 Å². The normalized spacial score (nSPS) is 12.5. The van der Waals surface area contributed by atoms with Gasteiger partial charge in [0.1, 0.15) is 5.75 Å². The first-order chi connectivity index (χ1) is 6.74. The van der Waals surface area contributed by atoms with Crippen LogP contribution in [0.15, 0.2) is 24.3 Å². The lowest BCUT2D eigenvalue weighted by molar-refractivity contribution is 0.309. The molecule has 0 aromatic heterocycles. The van der Waals surface area contributed by atoms with Crippen molar-refractivity contribution in [2.45, 2.75) is 24.8 Å². The lowest BCUT2D eigenvalue weighted by Crippen LogP contribution is -1.96. The molecule has 3 heteroatoms. The third-order valence-electron chi connectivity index (χ3n) is 1.90. The number of hydrogen-bond acceptors (Lipinski definition) is 1. The van der Waals surface area contributed by atoms with Crippen molar-refractivity contribution in [2.75, 3.05) is 6.61 Å². The van der Waals surface area contributed by atoms with Gasteiger partial charge in [0, 0.05) is 0 Å². The fourth-order valence-electron chi connectivity index (χ4n) is 1.04. The summed E-state index contributed by atoms with van der Waals surface area (Å²) in [5, 5.41) is -1.09. The fraction of sp³-hybridized carbons (Fsp3) is 0.455. The predicted molar refractivity (Wildman–Crippen MR) is 59.6 cm³/mol. The number of alkyl halides is 2. The standard InChI is InChI=1S/C11H14BrFO/c1-2-3-8-14-10-6-4-9(5-7-10)11(12)13/h4-7,11H,2-3,8H2,1H3. The molecule has 0 saturated heterocycles. The van der Waals surface area contributed by atoms with E-state index in [1.54, 1.807) is 24.3 Å². The highest BCUT2D eigenvalue weighted by Crippen LogP contribution is 2.25. The maximum atomic E-state index is 12.7. The van der Waals surface area contributed by atoms with Gasteiger partial charge in [0.2, 0.25) is 0 Å². The highest BCUT2D eigenvalue weighted by molar-refractivity contribution is 9.09. The van der Waals surface area contributed by atoms with Gasteiger partial charge >= 0.3 is 0 Å². The van der Waals surface area contributed by atoms with Crippen molar-refractivity contribution in [1.29, 1.82) is 0 Å². The molecule has 14 heavy (non-hydrogen) atoms. The minimum Gasteiger partial charge on any atom is -0.494 e. The molecule has 0 N–H and O–H groups in total. The van der Waals surface area contributed by atoms with Crippen LogP contribution in [0, 0.1) is 0 Å². The highest BCUT2D eigenvalue weighted by atomic mass is 79.9. The van der Waals surface area contributed by atoms with E-state index in [2.05, 4.69) is 22.9 Å². The van der Waals surface area contributed by atoms with Crippen LogP contribution < -0.4 is 4.74 Å². The third kappa shape index (κ3) is 3.66. The Morgan fingerprint density at radius 3 is 2.50 bits per heavy atom. The van der Waals surface area contributed by atoms with Crippen LogP contribution in [0.25, 0.3) is 0 Å². The van der Waals surface area contributed by atoms with Crippen LogP contribution in [-0.2, 0) is 0 Å². The van der Waals surface area contributed by atoms with Crippen LogP contribution in [-0.4, -0.2) is 6.61 Å². The maximum Gasteiger partial charge on any atom is 0.180 e. The van der Waals surface area contributed by atoms with Crippen LogP contribution in [0.4, 0.5) is 4.39 Å². The molecule has 1 unspecified atom stereocenters. The average molecular weight is 261 g/mol. The lowest BCUT2D eigenvalue weighted by atomic mass is 10.2. The first-order valence-corrected chi connectivity index (χ1v) is 5.66. The number of benzene rings is 1. The van der Waals surface area contributed by atoms with Gasteiger partial charge < -0.3 is 4.74 Å². The zero-order chi connectivity index (χ0) is 10.4. The van der Waals surface area contributed by atoms with E-state index in [0.29, 0.717) is 5.56 Å². The van der Waals surface area contributed by atoms with Crippen molar-refractivity contribution in [1.82, 2.24) is 0 Å². The van der Waals surface area contributed by atoms with Crippen molar-refractivity contribution in [3.8, 4) is 5.75 Å². The summed E-state index contributed by atoms with van der Waals surface area (Å²) in [5.74, 6) is 0.801. The zero-order valence-electron chi connectivity index (χ0n) is 8.17. The summed E-state index contributed by atoms with van der Waals surface area (Å²) in [6.07, 6.45) is 2.16. The number of hydrogen-bond donors (Lipinski definition) is 0. The van der Waals surface area contributed by atoms with Crippen LogP contribution in [0.1, 0.15) is 30.4 Å². The Bertz CT molecular complexity index is 258. The van der Waals surface area contributed by atoms with Gasteiger partial charge in [0.05, 0.1) is 6.61 Å². The molecule has 78 valence electrons. The van der Waals surface area contributed by atoms with E-state index >= 15 is 0 Å². The molecular formula is C11H14BrFO. The average Bonchev–Trinajstić information content (AvgIpc) is 2.19. The molecule has 1 aromatic rings. The van der Waals surface area contributed by atoms with Gasteiger partial charge in [-0.15, -0.1) is 0 Å². The van der Waals surface area contributed by atoms with Gasteiger partial charge in [-0.25, -0.2) is 4.39 Å². The molecule has 1 rings (SSSR count). The number of rotatable bonds is 5. The molecule has 1 nitrogen and oxygen atoms in total. The molecule has 0 aliphatic carbocycles. The van der Waals surface area contributed by atoms with E-state index in [9.17, 15) is 4.39 Å². The largest absolute Gasteiger partial charge is 0.494 e. The quantitative estimate of drug-likeness (QED) is 0.569. The Kier molecular flexibility index (Phi) is 4.94. The molecule has 0 aliphatic heterocycles. The lowest BCUT2D eigenvalue weighted by Gasteiger charge is -2.06. The summed E-state index contributed by atoms with van der Waals surface area (Å²) in [6.45, 7) is 2.84. The first-order valence-electron chi connectivity index (χ1n) is 4.75. The van der Waals surface area contributed by atoms with Crippen molar-refractivity contribution in [3.63, 3.8) is 0 Å². The molecule has 0 radical (unpaired) electrons. The van der Waals surface area contributed by atoms with Crippen LogP contribution in [0.3, 0.4) is 0 Å². The van der Waals surface area contributed by atoms with E-state index in [-0.39, 0.29) is 0 Å². The smallest absolute Gasteiger partial charge is 0.180 e. The topological polar surface area (TPSA) is 9.23 Å². The molecule has 0 bridgehead atoms. The summed E-state index contributed by atoms with van der Waals surface area (Å²) in [5.41, 5.74) is 0.618. The minimum atomic E-state index is -1.09. The molecule has 0 saturated carbocycles. The van der Waals surface area contributed by atoms with Crippen molar-refractivity contribution in [2.24, 2.45) is 0 Å². The molecule has 1 atom stereocenters. The second-order valence-electron chi connectivity index (χ2n) is 3.07. The van der Waals surface area contributed by atoms with Crippen LogP contribution in [0.2, 0.25) is 0 Å². The summed E-state index contributed by atoms with van der Waals surface area (Å²) >= 11 is 2.86. The molecule has 1 aromatic carbocycles. The minimum absolute atomic E-state index is 0.618. The third-order valence-corrected chi connectivity index (χ3v) is 2.43. The van der Waals surface area contributed by atoms with E-state index in [4.69, 9.17) is 4.74 Å². The molecular weight excluding hydrogens is 247 g/mol. The van der Waals surface area contributed by atoms with Crippen LogP contribution in [0.5, 0.6) is 5.75 Å². The van der Waals surface area contributed by atoms with Gasteiger partial charge in [-0.3, -0.25) is 0 Å². The molecule has 0 spiro atoms. The summed E-state index contributed by atoms with van der Waals surface area (Å²) < 4.78 is 18.2. The number of ether oxygens (including phenoxy) is 1. The first kappa shape index (κ1) is 11.5.